The van der Waals surface area contributed by atoms with Crippen molar-refractivity contribution < 1.29 is 9.90 Å². The van der Waals surface area contributed by atoms with Gasteiger partial charge in [-0.15, -0.1) is 22.7 Å². The highest BCUT2D eigenvalue weighted by molar-refractivity contribution is 7.20. The van der Waals surface area contributed by atoms with Gasteiger partial charge in [-0.3, -0.25) is 14.2 Å². The predicted octanol–water partition coefficient (Wildman–Crippen LogP) is 2.97. The van der Waals surface area contributed by atoms with Crippen molar-refractivity contribution in [1.29, 1.82) is 0 Å². The van der Waals surface area contributed by atoms with Crippen LogP contribution in [0.2, 0.25) is 0 Å². The molecule has 0 unspecified atom stereocenters. The van der Waals surface area contributed by atoms with E-state index in [-0.39, 0.29) is 18.5 Å². The van der Waals surface area contributed by atoms with Gasteiger partial charge in [-0.25, -0.2) is 4.98 Å². The minimum Gasteiger partial charge on any atom is -0.481 e. The smallest absolute Gasteiger partial charge is 0.305 e. The van der Waals surface area contributed by atoms with Crippen LogP contribution in [0.15, 0.2) is 28.6 Å². The van der Waals surface area contributed by atoms with Gasteiger partial charge in [-0.1, -0.05) is 6.07 Å². The number of aryl methyl sites for hydroxylation is 2. The monoisotopic (exact) mass is 320 g/mol. The molecule has 21 heavy (non-hydrogen) atoms. The molecule has 0 atom stereocenters. The Hall–Kier alpha value is -1.99. The second-order valence-corrected chi connectivity index (χ2v) is 6.73. The van der Waals surface area contributed by atoms with Crippen molar-refractivity contribution in [2.45, 2.75) is 19.9 Å². The third-order valence-electron chi connectivity index (χ3n) is 3.19. The van der Waals surface area contributed by atoms with Crippen molar-refractivity contribution in [3.63, 3.8) is 0 Å². The van der Waals surface area contributed by atoms with Crippen LogP contribution < -0.4 is 5.56 Å². The molecule has 3 aromatic rings. The van der Waals surface area contributed by atoms with Crippen molar-refractivity contribution in [3.8, 4) is 10.4 Å². The molecular formula is C14H12N2O3S2. The maximum Gasteiger partial charge on any atom is 0.305 e. The van der Waals surface area contributed by atoms with E-state index in [1.807, 2.05) is 24.4 Å². The quantitative estimate of drug-likeness (QED) is 0.802. The summed E-state index contributed by atoms with van der Waals surface area (Å²) in [5.74, 6) is -0.929. The summed E-state index contributed by atoms with van der Waals surface area (Å²) in [6.45, 7) is 2.11. The largest absolute Gasteiger partial charge is 0.481 e. The second-order valence-electron chi connectivity index (χ2n) is 4.58. The van der Waals surface area contributed by atoms with Crippen molar-refractivity contribution in [2.24, 2.45) is 0 Å². The van der Waals surface area contributed by atoms with E-state index >= 15 is 0 Å². The zero-order chi connectivity index (χ0) is 15.0. The molecule has 3 rings (SSSR count). The molecular weight excluding hydrogens is 308 g/mol. The standard InChI is InChI=1S/C14H12N2O3S2/c1-8-11(9-3-2-6-20-9)12-13(21-8)15-7-16(14(12)19)5-4-10(17)18/h2-3,6-7H,4-5H2,1H3,(H,17,18). The van der Waals surface area contributed by atoms with Crippen molar-refractivity contribution in [1.82, 2.24) is 9.55 Å². The van der Waals surface area contributed by atoms with Gasteiger partial charge < -0.3 is 5.11 Å². The van der Waals surface area contributed by atoms with Gasteiger partial charge in [0.05, 0.1) is 18.1 Å². The van der Waals surface area contributed by atoms with Crippen molar-refractivity contribution >= 4 is 38.9 Å². The number of fused-ring (bicyclic) bond motifs is 1. The molecule has 108 valence electrons. The molecule has 7 heteroatoms. The molecule has 3 heterocycles. The molecule has 0 saturated carbocycles. The zero-order valence-corrected chi connectivity index (χ0v) is 12.8. The average molecular weight is 320 g/mol. The summed E-state index contributed by atoms with van der Waals surface area (Å²) in [5.41, 5.74) is 0.751. The molecule has 0 amide bonds. The Balaban J connectivity index is 2.20. The average Bonchev–Trinajstić information content (AvgIpc) is 3.04. The van der Waals surface area contributed by atoms with Gasteiger partial charge >= 0.3 is 5.97 Å². The maximum atomic E-state index is 12.6. The normalized spacial score (nSPS) is 11.1. The first-order valence-corrected chi connectivity index (χ1v) is 8.01. The number of aliphatic carboxylic acids is 1. The molecule has 0 aliphatic carbocycles. The van der Waals surface area contributed by atoms with E-state index < -0.39 is 5.97 Å². The topological polar surface area (TPSA) is 72.2 Å². The Morgan fingerprint density at radius 2 is 2.29 bits per heavy atom. The molecule has 3 aromatic heterocycles. The van der Waals surface area contributed by atoms with Crippen LogP contribution in [0.3, 0.4) is 0 Å². The third kappa shape index (κ3) is 2.50. The van der Waals surface area contributed by atoms with Gasteiger partial charge in [-0.2, -0.15) is 0 Å². The first kappa shape index (κ1) is 14.0. The minimum absolute atomic E-state index is 0.0927. The van der Waals surface area contributed by atoms with Crippen LogP contribution in [0.25, 0.3) is 20.7 Å². The molecule has 0 saturated heterocycles. The molecule has 0 spiro atoms. The lowest BCUT2D eigenvalue weighted by Crippen LogP contribution is -2.21. The summed E-state index contributed by atoms with van der Waals surface area (Å²) in [5, 5.41) is 11.3. The molecule has 0 fully saturated rings. The Bertz CT molecular complexity index is 862. The van der Waals surface area contributed by atoms with Gasteiger partial charge in [0, 0.05) is 21.9 Å². The Kier molecular flexibility index (Phi) is 3.60. The lowest BCUT2D eigenvalue weighted by Gasteiger charge is -2.04. The lowest BCUT2D eigenvalue weighted by atomic mass is 10.1. The van der Waals surface area contributed by atoms with Crippen LogP contribution in [-0.4, -0.2) is 20.6 Å². The van der Waals surface area contributed by atoms with Crippen LogP contribution in [0, 0.1) is 6.92 Å². The molecule has 0 bridgehead atoms. The molecule has 5 nitrogen and oxygen atoms in total. The Morgan fingerprint density at radius 1 is 1.48 bits per heavy atom. The van der Waals surface area contributed by atoms with Crippen molar-refractivity contribution in [2.75, 3.05) is 0 Å². The minimum atomic E-state index is -0.929. The van der Waals surface area contributed by atoms with Gasteiger partial charge in [0.1, 0.15) is 4.83 Å². The number of rotatable bonds is 4. The summed E-state index contributed by atoms with van der Waals surface area (Å²) in [7, 11) is 0. The first-order chi connectivity index (χ1) is 10.1. The fourth-order valence-electron chi connectivity index (χ4n) is 2.23. The van der Waals surface area contributed by atoms with Crippen LogP contribution in [0.4, 0.5) is 0 Å². The number of carboxylic acids is 1. The Labute approximate surface area is 128 Å². The number of hydrogen-bond acceptors (Lipinski definition) is 5. The number of aromatic nitrogens is 2. The lowest BCUT2D eigenvalue weighted by molar-refractivity contribution is -0.137. The van der Waals surface area contributed by atoms with E-state index in [0.717, 1.165) is 15.3 Å². The van der Waals surface area contributed by atoms with Gasteiger partial charge in [0.25, 0.3) is 5.56 Å². The molecule has 0 aliphatic rings. The van der Waals surface area contributed by atoms with Crippen LogP contribution in [-0.2, 0) is 11.3 Å². The van der Waals surface area contributed by atoms with E-state index in [9.17, 15) is 9.59 Å². The summed E-state index contributed by atoms with van der Waals surface area (Å²) in [6.07, 6.45) is 1.34. The number of carbonyl (C=O) groups is 1. The van der Waals surface area contributed by atoms with Gasteiger partial charge in [0.15, 0.2) is 0 Å². The fraction of sp³-hybridized carbons (Fsp3) is 0.214. The number of nitrogens with zero attached hydrogens (tertiary/aromatic N) is 2. The number of thiophene rings is 2. The molecule has 0 radical (unpaired) electrons. The SMILES string of the molecule is Cc1sc2ncn(CCC(=O)O)c(=O)c2c1-c1cccs1. The summed E-state index contributed by atoms with van der Waals surface area (Å²) in [4.78, 5) is 30.4. The second kappa shape index (κ2) is 5.42. The number of carboxylic acid groups (broad SMARTS) is 1. The van der Waals surface area contributed by atoms with E-state index in [4.69, 9.17) is 5.11 Å². The highest BCUT2D eigenvalue weighted by atomic mass is 32.1. The summed E-state index contributed by atoms with van der Waals surface area (Å²) in [6, 6.07) is 3.93. The Morgan fingerprint density at radius 3 is 2.95 bits per heavy atom. The first-order valence-electron chi connectivity index (χ1n) is 6.32. The van der Waals surface area contributed by atoms with Gasteiger partial charge in [-0.05, 0) is 18.4 Å². The third-order valence-corrected chi connectivity index (χ3v) is 5.09. The van der Waals surface area contributed by atoms with Crippen molar-refractivity contribution in [3.05, 3.63) is 39.1 Å². The van der Waals surface area contributed by atoms with E-state index in [1.54, 1.807) is 11.3 Å². The molecule has 1 N–H and O–H groups in total. The predicted molar refractivity (Wildman–Crippen MR) is 84.2 cm³/mol. The van der Waals surface area contributed by atoms with E-state index in [2.05, 4.69) is 4.98 Å². The summed E-state index contributed by atoms with van der Waals surface area (Å²) < 4.78 is 1.37. The highest BCUT2D eigenvalue weighted by Gasteiger charge is 2.17. The maximum absolute atomic E-state index is 12.6. The van der Waals surface area contributed by atoms with Crippen LogP contribution in [0.5, 0.6) is 0 Å². The summed E-state index contributed by atoms with van der Waals surface area (Å²) >= 11 is 3.07. The fourth-order valence-corrected chi connectivity index (χ4v) is 4.12. The van der Waals surface area contributed by atoms with Gasteiger partial charge in [0.2, 0.25) is 0 Å². The van der Waals surface area contributed by atoms with E-state index in [0.29, 0.717) is 10.2 Å². The molecule has 0 aromatic carbocycles. The van der Waals surface area contributed by atoms with Crippen LogP contribution >= 0.6 is 22.7 Å². The highest BCUT2D eigenvalue weighted by Crippen LogP contribution is 2.37. The van der Waals surface area contributed by atoms with E-state index in [1.165, 1.54) is 22.2 Å². The zero-order valence-electron chi connectivity index (χ0n) is 11.2. The van der Waals surface area contributed by atoms with Crippen LogP contribution in [0.1, 0.15) is 11.3 Å². The number of hydrogen-bond donors (Lipinski definition) is 1. The molecule has 0 aliphatic heterocycles.